The third kappa shape index (κ3) is 5.98. The lowest BCUT2D eigenvalue weighted by Crippen LogP contribution is -3.16. The Bertz CT molecular complexity index is 742. The first-order chi connectivity index (χ1) is 13.1. The lowest BCUT2D eigenvalue weighted by atomic mass is 10.1. The summed E-state index contributed by atoms with van der Waals surface area (Å²) >= 11 is 6.15. The predicted molar refractivity (Wildman–Crippen MR) is 112 cm³/mol. The molecule has 1 amide bonds. The van der Waals surface area contributed by atoms with Crippen molar-refractivity contribution in [3.63, 3.8) is 0 Å². The summed E-state index contributed by atoms with van der Waals surface area (Å²) in [4.78, 5) is 15.9. The van der Waals surface area contributed by atoms with Gasteiger partial charge < -0.3 is 15.1 Å². The van der Waals surface area contributed by atoms with Gasteiger partial charge in [0.25, 0.3) is 5.91 Å². The molecular formula is C22H29ClN3O+. The van der Waals surface area contributed by atoms with Crippen LogP contribution in [0.25, 0.3) is 0 Å². The Labute approximate surface area is 167 Å². The van der Waals surface area contributed by atoms with Gasteiger partial charge in [-0.05, 0) is 43.0 Å². The number of rotatable bonds is 7. The Kier molecular flexibility index (Phi) is 7.13. The van der Waals surface area contributed by atoms with Gasteiger partial charge in [0.05, 0.1) is 26.2 Å². The molecule has 1 saturated heterocycles. The molecule has 0 atom stereocenters. The molecule has 1 aliphatic rings. The van der Waals surface area contributed by atoms with Crippen LogP contribution >= 0.6 is 11.6 Å². The quantitative estimate of drug-likeness (QED) is 0.715. The summed E-state index contributed by atoms with van der Waals surface area (Å²) < 4.78 is 0. The molecule has 2 aromatic rings. The van der Waals surface area contributed by atoms with Crippen LogP contribution in [0.5, 0.6) is 0 Å². The number of hydrogen-bond donors (Lipinski definition) is 2. The Morgan fingerprint density at radius 2 is 1.89 bits per heavy atom. The number of aryl methyl sites for hydroxylation is 2. The van der Waals surface area contributed by atoms with Crippen LogP contribution in [0.15, 0.2) is 48.5 Å². The first-order valence-corrected chi connectivity index (χ1v) is 10.1. The van der Waals surface area contributed by atoms with Gasteiger partial charge in [-0.1, -0.05) is 48.0 Å². The molecule has 2 N–H and O–H groups in total. The first-order valence-electron chi connectivity index (χ1n) is 9.77. The van der Waals surface area contributed by atoms with Crippen molar-refractivity contribution in [1.29, 1.82) is 0 Å². The van der Waals surface area contributed by atoms with Crippen molar-refractivity contribution >= 4 is 23.2 Å². The number of carbonyl (C=O) groups excluding carboxylic acids is 1. The molecule has 2 aromatic carbocycles. The van der Waals surface area contributed by atoms with Crippen molar-refractivity contribution in [3.8, 4) is 0 Å². The van der Waals surface area contributed by atoms with E-state index in [1.54, 1.807) is 0 Å². The number of amides is 1. The van der Waals surface area contributed by atoms with Gasteiger partial charge in [0, 0.05) is 17.3 Å². The van der Waals surface area contributed by atoms with Gasteiger partial charge >= 0.3 is 0 Å². The summed E-state index contributed by atoms with van der Waals surface area (Å²) in [6.45, 7) is 7.29. The minimum absolute atomic E-state index is 0.158. The van der Waals surface area contributed by atoms with Crippen molar-refractivity contribution in [2.75, 3.05) is 44.2 Å². The number of nitrogens with zero attached hydrogens (tertiary/aromatic N) is 1. The number of benzene rings is 2. The minimum atomic E-state index is 0.158. The molecule has 0 aliphatic carbocycles. The normalized spacial score (nSPS) is 15.0. The summed E-state index contributed by atoms with van der Waals surface area (Å²) in [5.74, 6) is 0.158. The second-order valence-electron chi connectivity index (χ2n) is 7.28. The second kappa shape index (κ2) is 9.77. The van der Waals surface area contributed by atoms with E-state index in [0.29, 0.717) is 6.54 Å². The highest BCUT2D eigenvalue weighted by Crippen LogP contribution is 2.24. The Hall–Kier alpha value is -2.04. The van der Waals surface area contributed by atoms with E-state index in [-0.39, 0.29) is 5.91 Å². The molecule has 27 heavy (non-hydrogen) atoms. The fourth-order valence-corrected chi connectivity index (χ4v) is 3.78. The fraction of sp³-hybridized carbons (Fsp3) is 0.409. The summed E-state index contributed by atoms with van der Waals surface area (Å²) in [6, 6.07) is 16.5. The molecular weight excluding hydrogens is 358 g/mol. The van der Waals surface area contributed by atoms with Crippen LogP contribution < -0.4 is 15.1 Å². The van der Waals surface area contributed by atoms with E-state index in [2.05, 4.69) is 47.5 Å². The second-order valence-corrected chi connectivity index (χ2v) is 7.72. The average molecular weight is 387 g/mol. The average Bonchev–Trinajstić information content (AvgIpc) is 2.69. The SMILES string of the molecule is Cc1ccc(Cl)cc1N1CC[NH+](CC(=O)NCCCc2ccccc2)CC1. The molecule has 4 nitrogen and oxygen atoms in total. The Balaban J connectivity index is 1.36. The molecule has 1 aliphatic heterocycles. The van der Waals surface area contributed by atoms with Crippen molar-refractivity contribution in [3.05, 3.63) is 64.7 Å². The van der Waals surface area contributed by atoms with Crippen LogP contribution in [-0.4, -0.2) is 45.2 Å². The number of nitrogens with one attached hydrogen (secondary N) is 2. The molecule has 0 radical (unpaired) electrons. The molecule has 144 valence electrons. The van der Waals surface area contributed by atoms with Crippen LogP contribution in [0.2, 0.25) is 5.02 Å². The summed E-state index contributed by atoms with van der Waals surface area (Å²) in [7, 11) is 0. The molecule has 0 aromatic heterocycles. The van der Waals surface area contributed by atoms with Crippen LogP contribution in [0.4, 0.5) is 5.69 Å². The topological polar surface area (TPSA) is 36.8 Å². The van der Waals surface area contributed by atoms with Crippen molar-refractivity contribution in [2.45, 2.75) is 19.8 Å². The number of piperazine rings is 1. The predicted octanol–water partition coefficient (Wildman–Crippen LogP) is 2.10. The molecule has 0 spiro atoms. The summed E-state index contributed by atoms with van der Waals surface area (Å²) in [5, 5.41) is 3.85. The molecule has 1 heterocycles. The van der Waals surface area contributed by atoms with Crippen molar-refractivity contribution in [1.82, 2.24) is 5.32 Å². The number of hydrogen-bond acceptors (Lipinski definition) is 2. The number of anilines is 1. The maximum atomic E-state index is 12.2. The highest BCUT2D eigenvalue weighted by atomic mass is 35.5. The standard InChI is InChI=1S/C22H28ClN3O/c1-18-9-10-20(23)16-21(18)26-14-12-25(13-15-26)17-22(27)24-11-5-8-19-6-3-2-4-7-19/h2-4,6-7,9-10,16H,5,8,11-15,17H2,1H3,(H,24,27)/p+1. The van der Waals surface area contributed by atoms with Gasteiger partial charge in [0.2, 0.25) is 0 Å². The van der Waals surface area contributed by atoms with Gasteiger partial charge in [-0.25, -0.2) is 0 Å². The third-order valence-corrected chi connectivity index (χ3v) is 5.44. The maximum absolute atomic E-state index is 12.2. The van der Waals surface area contributed by atoms with Gasteiger partial charge in [-0.2, -0.15) is 0 Å². The number of quaternary nitrogens is 1. The van der Waals surface area contributed by atoms with Crippen LogP contribution in [-0.2, 0) is 11.2 Å². The lowest BCUT2D eigenvalue weighted by Gasteiger charge is -2.34. The largest absolute Gasteiger partial charge is 0.360 e. The monoisotopic (exact) mass is 386 g/mol. The Morgan fingerprint density at radius 3 is 2.63 bits per heavy atom. The van der Waals surface area contributed by atoms with E-state index in [0.717, 1.165) is 50.6 Å². The van der Waals surface area contributed by atoms with Gasteiger partial charge in [0.1, 0.15) is 0 Å². The maximum Gasteiger partial charge on any atom is 0.275 e. The summed E-state index contributed by atoms with van der Waals surface area (Å²) in [5.41, 5.74) is 3.79. The molecule has 1 fully saturated rings. The zero-order valence-electron chi connectivity index (χ0n) is 16.0. The van der Waals surface area contributed by atoms with Crippen LogP contribution in [0, 0.1) is 6.92 Å². The van der Waals surface area contributed by atoms with Crippen LogP contribution in [0.1, 0.15) is 17.5 Å². The molecule has 0 bridgehead atoms. The van der Waals surface area contributed by atoms with Gasteiger partial charge in [-0.3, -0.25) is 4.79 Å². The minimum Gasteiger partial charge on any atom is -0.360 e. The summed E-state index contributed by atoms with van der Waals surface area (Å²) in [6.07, 6.45) is 1.98. The zero-order chi connectivity index (χ0) is 19.1. The van der Waals surface area contributed by atoms with Crippen molar-refractivity contribution in [2.24, 2.45) is 0 Å². The van der Waals surface area contributed by atoms with Crippen LogP contribution in [0.3, 0.4) is 0 Å². The molecule has 0 unspecified atom stereocenters. The molecule has 5 heteroatoms. The van der Waals surface area contributed by atoms with Crippen molar-refractivity contribution < 1.29 is 9.69 Å². The molecule has 3 rings (SSSR count). The smallest absolute Gasteiger partial charge is 0.275 e. The van der Waals surface area contributed by atoms with E-state index in [4.69, 9.17) is 11.6 Å². The molecule has 0 saturated carbocycles. The number of halogens is 1. The van der Waals surface area contributed by atoms with E-state index in [1.807, 2.05) is 18.2 Å². The van der Waals surface area contributed by atoms with E-state index < -0.39 is 0 Å². The number of carbonyl (C=O) groups is 1. The highest BCUT2D eigenvalue weighted by Gasteiger charge is 2.23. The lowest BCUT2D eigenvalue weighted by molar-refractivity contribution is -0.892. The fourth-order valence-electron chi connectivity index (χ4n) is 3.62. The third-order valence-electron chi connectivity index (χ3n) is 5.20. The zero-order valence-corrected chi connectivity index (χ0v) is 16.8. The first kappa shape index (κ1) is 19.7. The highest BCUT2D eigenvalue weighted by molar-refractivity contribution is 6.30. The van der Waals surface area contributed by atoms with E-state index in [1.165, 1.54) is 21.7 Å². The van der Waals surface area contributed by atoms with Gasteiger partial charge in [-0.15, -0.1) is 0 Å². The Morgan fingerprint density at radius 1 is 1.15 bits per heavy atom. The van der Waals surface area contributed by atoms with Gasteiger partial charge in [0.15, 0.2) is 6.54 Å². The van der Waals surface area contributed by atoms with E-state index in [9.17, 15) is 4.79 Å². The van der Waals surface area contributed by atoms with E-state index >= 15 is 0 Å².